The summed E-state index contributed by atoms with van der Waals surface area (Å²) in [5.74, 6) is -0.0949. The van der Waals surface area contributed by atoms with Gasteiger partial charge in [0.05, 0.1) is 0 Å². The van der Waals surface area contributed by atoms with Gasteiger partial charge in [-0.15, -0.1) is 0 Å². The Kier molecular flexibility index (Phi) is 5.40. The summed E-state index contributed by atoms with van der Waals surface area (Å²) < 4.78 is 15.9. The van der Waals surface area contributed by atoms with Gasteiger partial charge in [0.15, 0.2) is 0 Å². The number of halogens is 2. The molecule has 1 fully saturated rings. The van der Waals surface area contributed by atoms with Crippen LogP contribution < -0.4 is 0 Å². The van der Waals surface area contributed by atoms with Crippen LogP contribution in [0.4, 0.5) is 4.39 Å². The Morgan fingerprint density at radius 1 is 1.29 bits per heavy atom. The van der Waals surface area contributed by atoms with Gasteiger partial charge in [-0.3, -0.25) is 0 Å². The van der Waals surface area contributed by atoms with Crippen molar-refractivity contribution in [2.24, 2.45) is 0 Å². The van der Waals surface area contributed by atoms with Gasteiger partial charge in [0.1, 0.15) is 0 Å². The van der Waals surface area contributed by atoms with Crippen LogP contribution in [0.5, 0.6) is 0 Å². The molecule has 6 heteroatoms. The molecular formula is C22H25FIN3O. The molecule has 4 rings (SSSR count). The molecule has 1 aliphatic rings. The first-order valence-corrected chi connectivity index (χ1v) is 13.8. The summed E-state index contributed by atoms with van der Waals surface area (Å²) in [6, 6.07) is 11.0. The molecule has 0 saturated carbocycles. The number of aromatic amines is 1. The molecule has 0 unspecified atom stereocenters. The number of rotatable bonds is 3. The number of hydrogen-bond acceptors (Lipinski definition) is 2. The molecule has 3 heterocycles. The van der Waals surface area contributed by atoms with Crippen molar-refractivity contribution in [3.8, 4) is 0 Å². The van der Waals surface area contributed by atoms with Crippen LogP contribution in [0.25, 0.3) is 11.0 Å². The van der Waals surface area contributed by atoms with Crippen molar-refractivity contribution in [1.29, 1.82) is 0 Å². The SMILES string of the molecule is Cc1nc2[nH]ccc2cc1C(=O)N1C[C@H](C)I(Cc2ccc(F)cc2)C[C@H]1C. The van der Waals surface area contributed by atoms with Gasteiger partial charge in [-0.05, 0) is 0 Å². The molecule has 28 heavy (non-hydrogen) atoms. The zero-order valence-electron chi connectivity index (χ0n) is 16.4. The number of carbonyl (C=O) groups excluding carboxylic acids is 1. The van der Waals surface area contributed by atoms with Crippen molar-refractivity contribution in [1.82, 2.24) is 14.9 Å². The monoisotopic (exact) mass is 493 g/mol. The summed E-state index contributed by atoms with van der Waals surface area (Å²) in [6.07, 6.45) is 1.85. The van der Waals surface area contributed by atoms with Crippen molar-refractivity contribution in [2.45, 2.75) is 35.2 Å². The van der Waals surface area contributed by atoms with Crippen LogP contribution in [-0.4, -0.2) is 41.7 Å². The first kappa shape index (κ1) is 19.4. The van der Waals surface area contributed by atoms with E-state index in [0.29, 0.717) is 9.49 Å². The summed E-state index contributed by atoms with van der Waals surface area (Å²) in [5.41, 5.74) is 3.52. The van der Waals surface area contributed by atoms with Gasteiger partial charge in [-0.2, -0.15) is 0 Å². The standard InChI is InChI=1S/C22H25FIN3O/c1-14-13-27(15(2)11-24(14)12-17-4-6-19(23)7-5-17)22(28)20-10-18-8-9-25-21(18)26-16(20)3/h4-10,14-15H,11-13H2,1-3H3,(H,25,26)/t14-,15+/m0/s1. The third-order valence-electron chi connectivity index (χ3n) is 5.38. The Morgan fingerprint density at radius 3 is 2.79 bits per heavy atom. The molecule has 1 aromatic carbocycles. The zero-order chi connectivity index (χ0) is 19.8. The summed E-state index contributed by atoms with van der Waals surface area (Å²) >= 11 is -1.27. The van der Waals surface area contributed by atoms with E-state index >= 15 is 0 Å². The van der Waals surface area contributed by atoms with Crippen LogP contribution in [0.2, 0.25) is 0 Å². The zero-order valence-corrected chi connectivity index (χ0v) is 18.5. The van der Waals surface area contributed by atoms with E-state index in [0.717, 1.165) is 32.1 Å². The summed E-state index contributed by atoms with van der Waals surface area (Å²) in [7, 11) is 0. The van der Waals surface area contributed by atoms with E-state index in [9.17, 15) is 9.18 Å². The first-order valence-electron chi connectivity index (χ1n) is 9.53. The second kappa shape index (κ2) is 7.81. The number of nitrogens with one attached hydrogen (secondary N) is 1. The fourth-order valence-electron chi connectivity index (χ4n) is 3.76. The van der Waals surface area contributed by atoms with E-state index in [4.69, 9.17) is 0 Å². The van der Waals surface area contributed by atoms with E-state index in [2.05, 4.69) is 23.8 Å². The molecule has 1 amide bonds. The Bertz CT molecular complexity index is 1000. The van der Waals surface area contributed by atoms with Gasteiger partial charge in [-0.25, -0.2) is 0 Å². The van der Waals surface area contributed by atoms with Gasteiger partial charge in [0.25, 0.3) is 0 Å². The summed E-state index contributed by atoms with van der Waals surface area (Å²) in [5, 5.41) is 0.969. The number of nitrogens with zero attached hydrogens (tertiary/aromatic N) is 2. The van der Waals surface area contributed by atoms with Gasteiger partial charge in [0, 0.05) is 0 Å². The summed E-state index contributed by atoms with van der Waals surface area (Å²) in [4.78, 5) is 23.0. The van der Waals surface area contributed by atoms with E-state index in [1.165, 1.54) is 5.56 Å². The number of alkyl halides is 3. The van der Waals surface area contributed by atoms with Crippen LogP contribution in [0.15, 0.2) is 42.6 Å². The van der Waals surface area contributed by atoms with Crippen molar-refractivity contribution >= 4 is 36.8 Å². The third-order valence-corrected chi connectivity index (χ3v) is 13.1. The second-order valence-electron chi connectivity index (χ2n) is 7.54. The molecule has 148 valence electrons. The number of fused-ring (bicyclic) bond motifs is 1. The molecule has 1 saturated heterocycles. The van der Waals surface area contributed by atoms with E-state index in [1.807, 2.05) is 42.3 Å². The van der Waals surface area contributed by atoms with Crippen LogP contribution in [-0.2, 0) is 4.43 Å². The number of amides is 1. The fourth-order valence-corrected chi connectivity index (χ4v) is 10.4. The Labute approximate surface area is 171 Å². The Balaban J connectivity index is 1.51. The van der Waals surface area contributed by atoms with Gasteiger partial charge >= 0.3 is 172 Å². The van der Waals surface area contributed by atoms with Crippen molar-refractivity contribution < 1.29 is 9.18 Å². The maximum atomic E-state index is 13.3. The van der Waals surface area contributed by atoms with Crippen LogP contribution in [0.3, 0.4) is 0 Å². The molecule has 0 bridgehead atoms. The number of pyridine rings is 1. The molecule has 0 aliphatic carbocycles. The molecule has 4 nitrogen and oxygen atoms in total. The molecule has 0 spiro atoms. The van der Waals surface area contributed by atoms with Gasteiger partial charge in [0.2, 0.25) is 0 Å². The molecule has 1 N–H and O–H groups in total. The van der Waals surface area contributed by atoms with Crippen LogP contribution >= 0.6 is 19.8 Å². The van der Waals surface area contributed by atoms with Crippen molar-refractivity contribution in [3.63, 3.8) is 0 Å². The molecule has 3 aromatic rings. The predicted molar refractivity (Wildman–Crippen MR) is 120 cm³/mol. The molecular weight excluding hydrogens is 468 g/mol. The van der Waals surface area contributed by atoms with E-state index < -0.39 is 19.8 Å². The number of benzene rings is 1. The molecule has 0 radical (unpaired) electrons. The third kappa shape index (κ3) is 3.79. The Hall–Kier alpha value is -1.96. The topological polar surface area (TPSA) is 49.0 Å². The maximum absolute atomic E-state index is 13.3. The van der Waals surface area contributed by atoms with E-state index in [-0.39, 0.29) is 17.8 Å². The second-order valence-corrected chi connectivity index (χ2v) is 14.1. The first-order chi connectivity index (χ1) is 13.4. The number of hydrogen-bond donors (Lipinski definition) is 1. The van der Waals surface area contributed by atoms with Crippen LogP contribution in [0.1, 0.15) is 35.5 Å². The fraction of sp³-hybridized carbons (Fsp3) is 0.364. The molecule has 2 aromatic heterocycles. The summed E-state index contributed by atoms with van der Waals surface area (Å²) in [6.45, 7) is 7.15. The average Bonchev–Trinajstić information content (AvgIpc) is 3.12. The Morgan fingerprint density at radius 2 is 2.04 bits per heavy atom. The molecule has 2 atom stereocenters. The van der Waals surface area contributed by atoms with Crippen molar-refractivity contribution in [3.05, 3.63) is 65.2 Å². The van der Waals surface area contributed by atoms with Gasteiger partial charge in [-0.1, -0.05) is 0 Å². The number of aryl methyl sites for hydroxylation is 1. The number of H-pyrrole nitrogens is 1. The number of carbonyl (C=O) groups is 1. The van der Waals surface area contributed by atoms with Crippen LogP contribution in [0, 0.1) is 12.7 Å². The molecule has 1 aliphatic heterocycles. The normalized spacial score (nSPS) is 21.3. The minimum atomic E-state index is -1.27. The minimum absolute atomic E-state index is 0.0877. The average molecular weight is 493 g/mol. The quantitative estimate of drug-likeness (QED) is 0.415. The number of aromatic nitrogens is 2. The van der Waals surface area contributed by atoms with E-state index in [1.54, 1.807) is 12.1 Å². The predicted octanol–water partition coefficient (Wildman–Crippen LogP) is 4.95. The van der Waals surface area contributed by atoms with Gasteiger partial charge < -0.3 is 0 Å². The van der Waals surface area contributed by atoms with Crippen molar-refractivity contribution in [2.75, 3.05) is 11.0 Å².